The van der Waals surface area contributed by atoms with E-state index in [1.165, 1.54) is 6.07 Å². The van der Waals surface area contributed by atoms with Gasteiger partial charge in [0.25, 0.3) is 0 Å². The number of nitriles is 1. The van der Waals surface area contributed by atoms with Gasteiger partial charge in [-0.3, -0.25) is 4.79 Å². The van der Waals surface area contributed by atoms with Crippen molar-refractivity contribution < 1.29 is 9.18 Å². The Balaban J connectivity index is 3.41. The van der Waals surface area contributed by atoms with Crippen LogP contribution in [0, 0.1) is 20.7 Å². The molecule has 0 unspecified atom stereocenters. The van der Waals surface area contributed by atoms with E-state index in [0.29, 0.717) is 3.57 Å². The second-order valence-electron chi connectivity index (χ2n) is 2.48. The average Bonchev–Trinajstić information content (AvgIpc) is 2.15. The molecule has 0 aliphatic carbocycles. The van der Waals surface area contributed by atoms with Crippen LogP contribution < -0.4 is 0 Å². The van der Waals surface area contributed by atoms with Crippen LogP contribution in [0.2, 0.25) is 0 Å². The molecular weight excluding hydrogens is 319 g/mol. The third-order valence-corrected chi connectivity index (χ3v) is 2.68. The summed E-state index contributed by atoms with van der Waals surface area (Å²) in [6.45, 7) is 0. The molecule has 14 heavy (non-hydrogen) atoms. The molecule has 0 aliphatic heterocycles. The molecule has 0 aliphatic rings. The zero-order valence-corrected chi connectivity index (χ0v) is 9.76. The highest BCUT2D eigenvalue weighted by molar-refractivity contribution is 14.1. The first-order valence-corrected chi connectivity index (χ1v) is 5.19. The first-order chi connectivity index (χ1) is 6.60. The van der Waals surface area contributed by atoms with Crippen LogP contribution in [0.3, 0.4) is 0 Å². The fraction of sp³-hybridized carbons (Fsp3) is 0.111. The van der Waals surface area contributed by atoms with Crippen molar-refractivity contribution in [3.63, 3.8) is 0 Å². The van der Waals surface area contributed by atoms with E-state index in [2.05, 4.69) is 0 Å². The molecule has 2 nitrogen and oxygen atoms in total. The lowest BCUT2D eigenvalue weighted by Crippen LogP contribution is -2.05. The summed E-state index contributed by atoms with van der Waals surface area (Å²) in [6, 6.07) is 4.08. The molecule has 0 aromatic heterocycles. The quantitative estimate of drug-likeness (QED) is 0.477. The largest absolute Gasteiger partial charge is 0.293 e. The minimum absolute atomic E-state index is 0.0481. The number of carbonyl (C=O) groups excluding carboxylic acids is 1. The number of hydrogen-bond acceptors (Lipinski definition) is 2. The van der Waals surface area contributed by atoms with Crippen molar-refractivity contribution in [3.8, 4) is 6.07 Å². The van der Waals surface area contributed by atoms with Gasteiger partial charge in [-0.05, 0) is 34.7 Å². The second-order valence-corrected chi connectivity index (χ2v) is 3.91. The molecule has 0 amide bonds. The minimum atomic E-state index is -0.540. The molecule has 0 spiro atoms. The topological polar surface area (TPSA) is 40.9 Å². The second kappa shape index (κ2) is 4.71. The molecule has 1 rings (SSSR count). The maximum absolute atomic E-state index is 12.9. The van der Waals surface area contributed by atoms with Gasteiger partial charge in [0.1, 0.15) is 11.9 Å². The van der Waals surface area contributed by atoms with Crippen molar-refractivity contribution in [2.24, 2.45) is 0 Å². The van der Waals surface area contributed by atoms with Crippen LogP contribution in [0.25, 0.3) is 0 Å². The lowest BCUT2D eigenvalue weighted by molar-refractivity contribution is 0.102. The Bertz CT molecular complexity index is 428. The monoisotopic (exact) mass is 323 g/mol. The molecule has 0 radical (unpaired) electrons. The van der Waals surface area contributed by atoms with Crippen molar-refractivity contribution in [2.45, 2.75) is 0 Å². The Morgan fingerprint density at radius 1 is 1.64 bits per heavy atom. The lowest BCUT2D eigenvalue weighted by atomic mass is 10.1. The molecule has 0 saturated carbocycles. The van der Waals surface area contributed by atoms with Gasteiger partial charge in [-0.15, -0.1) is 11.6 Å². The predicted molar refractivity (Wildman–Crippen MR) is 58.9 cm³/mol. The van der Waals surface area contributed by atoms with Crippen molar-refractivity contribution in [1.29, 1.82) is 5.26 Å². The zero-order chi connectivity index (χ0) is 10.7. The van der Waals surface area contributed by atoms with Crippen LogP contribution in [0.5, 0.6) is 0 Å². The van der Waals surface area contributed by atoms with Gasteiger partial charge in [0.2, 0.25) is 0 Å². The van der Waals surface area contributed by atoms with Gasteiger partial charge in [-0.25, -0.2) is 4.39 Å². The van der Waals surface area contributed by atoms with Crippen LogP contribution >= 0.6 is 34.2 Å². The van der Waals surface area contributed by atoms with Gasteiger partial charge in [0.05, 0.1) is 11.4 Å². The van der Waals surface area contributed by atoms with Crippen molar-refractivity contribution >= 4 is 40.0 Å². The van der Waals surface area contributed by atoms with Crippen molar-refractivity contribution in [2.75, 3.05) is 5.88 Å². The molecule has 1 aromatic carbocycles. The number of ketones is 1. The lowest BCUT2D eigenvalue weighted by Gasteiger charge is -2.02. The standard InChI is InChI=1S/C9H4ClFINO/c10-3-9(14)6-1-5(11)2-8(12)7(6)4-13/h1-2H,3H2. The summed E-state index contributed by atoms with van der Waals surface area (Å²) in [5.41, 5.74) is 0.226. The summed E-state index contributed by atoms with van der Waals surface area (Å²) >= 11 is 7.14. The molecule has 0 N–H and O–H groups in total. The van der Waals surface area contributed by atoms with Crippen LogP contribution in [0.15, 0.2) is 12.1 Å². The molecule has 0 bridgehead atoms. The van der Waals surface area contributed by atoms with Gasteiger partial charge in [0, 0.05) is 9.13 Å². The SMILES string of the molecule is N#Cc1c(I)cc(F)cc1C(=O)CCl. The van der Waals surface area contributed by atoms with Crippen molar-refractivity contribution in [1.82, 2.24) is 0 Å². The normalized spacial score (nSPS) is 9.57. The van der Waals surface area contributed by atoms with E-state index in [0.717, 1.165) is 6.07 Å². The summed E-state index contributed by atoms with van der Waals surface area (Å²) in [4.78, 5) is 11.2. The third-order valence-electron chi connectivity index (χ3n) is 1.59. The highest BCUT2D eigenvalue weighted by Gasteiger charge is 2.14. The average molecular weight is 323 g/mol. The molecule has 0 fully saturated rings. The molecular formula is C9H4ClFINO. The Labute approximate surface area is 98.8 Å². The van der Waals surface area contributed by atoms with Gasteiger partial charge in [-0.2, -0.15) is 5.26 Å². The van der Waals surface area contributed by atoms with E-state index in [1.54, 1.807) is 22.6 Å². The summed E-state index contributed by atoms with van der Waals surface area (Å²) in [7, 11) is 0. The smallest absolute Gasteiger partial charge is 0.179 e. The Kier molecular flexibility index (Phi) is 3.84. The van der Waals surface area contributed by atoms with Crippen LogP contribution in [0.1, 0.15) is 15.9 Å². The van der Waals surface area contributed by atoms with Gasteiger partial charge < -0.3 is 0 Å². The van der Waals surface area contributed by atoms with E-state index in [-0.39, 0.29) is 17.0 Å². The van der Waals surface area contributed by atoms with E-state index in [4.69, 9.17) is 16.9 Å². The highest BCUT2D eigenvalue weighted by Crippen LogP contribution is 2.19. The van der Waals surface area contributed by atoms with Crippen molar-refractivity contribution in [3.05, 3.63) is 32.6 Å². The van der Waals surface area contributed by atoms with E-state index >= 15 is 0 Å². The molecule has 0 atom stereocenters. The summed E-state index contributed by atoms with van der Waals surface area (Å²) < 4.78 is 13.3. The number of nitrogens with zero attached hydrogens (tertiary/aromatic N) is 1. The van der Waals surface area contributed by atoms with Gasteiger partial charge in [0.15, 0.2) is 5.78 Å². The zero-order valence-electron chi connectivity index (χ0n) is 6.85. The number of Topliss-reactive ketones (excluding diaryl/α,β-unsaturated/α-hetero) is 1. The molecule has 72 valence electrons. The maximum atomic E-state index is 12.9. The van der Waals surface area contributed by atoms with E-state index < -0.39 is 11.6 Å². The molecule has 1 aromatic rings. The molecule has 0 heterocycles. The third kappa shape index (κ3) is 2.22. The number of hydrogen-bond donors (Lipinski definition) is 0. The summed E-state index contributed by atoms with van der Waals surface area (Å²) in [5, 5.41) is 8.76. The van der Waals surface area contributed by atoms with Crippen LogP contribution in [0.4, 0.5) is 4.39 Å². The Hall–Kier alpha value is -0.670. The maximum Gasteiger partial charge on any atom is 0.179 e. The number of halogens is 3. The van der Waals surface area contributed by atoms with Gasteiger partial charge in [-0.1, -0.05) is 0 Å². The van der Waals surface area contributed by atoms with Crippen LogP contribution in [-0.2, 0) is 0 Å². The molecule has 5 heteroatoms. The number of alkyl halides is 1. The van der Waals surface area contributed by atoms with E-state index in [9.17, 15) is 9.18 Å². The number of rotatable bonds is 2. The highest BCUT2D eigenvalue weighted by atomic mass is 127. The Morgan fingerprint density at radius 3 is 2.79 bits per heavy atom. The first-order valence-electron chi connectivity index (χ1n) is 3.58. The fourth-order valence-corrected chi connectivity index (χ4v) is 1.83. The number of benzene rings is 1. The summed E-state index contributed by atoms with van der Waals surface area (Å²) in [6.07, 6.45) is 0. The minimum Gasteiger partial charge on any atom is -0.293 e. The molecule has 0 saturated heterocycles. The van der Waals surface area contributed by atoms with E-state index in [1.807, 2.05) is 6.07 Å². The number of carbonyl (C=O) groups is 1. The first kappa shape index (κ1) is 11.4. The fourth-order valence-electron chi connectivity index (χ4n) is 0.979. The predicted octanol–water partition coefficient (Wildman–Crippen LogP) is 2.72. The van der Waals surface area contributed by atoms with Gasteiger partial charge >= 0.3 is 0 Å². The Morgan fingerprint density at radius 2 is 2.29 bits per heavy atom. The van der Waals surface area contributed by atoms with Crippen LogP contribution in [-0.4, -0.2) is 11.7 Å². The summed E-state index contributed by atoms with van der Waals surface area (Å²) in [5.74, 6) is -1.24.